The van der Waals surface area contributed by atoms with Gasteiger partial charge in [0.25, 0.3) is 5.91 Å². The highest BCUT2D eigenvalue weighted by molar-refractivity contribution is 5.89. The van der Waals surface area contributed by atoms with Crippen LogP contribution < -0.4 is 5.32 Å². The van der Waals surface area contributed by atoms with Crippen molar-refractivity contribution in [3.63, 3.8) is 0 Å². The number of hydrogen-bond donors (Lipinski definition) is 1. The lowest BCUT2D eigenvalue weighted by molar-refractivity contribution is -0.143. The number of ether oxygens (including phenoxy) is 1. The topological polar surface area (TPSA) is 55.4 Å². The Morgan fingerprint density at radius 1 is 1.31 bits per heavy atom. The molecule has 0 aliphatic rings. The Labute approximate surface area is 93.9 Å². The number of nitrogens with one attached hydrogen (secondary N) is 1. The summed E-state index contributed by atoms with van der Waals surface area (Å²) in [5.41, 5.74) is 0.902. The molecule has 0 spiro atoms. The Balaban J connectivity index is 2.40. The Hall–Kier alpha value is -2.10. The fourth-order valence-electron chi connectivity index (χ4n) is 0.985. The summed E-state index contributed by atoms with van der Waals surface area (Å²) in [5, 5.41) is 2.35. The van der Waals surface area contributed by atoms with Crippen molar-refractivity contribution in [2.24, 2.45) is 0 Å². The van der Waals surface area contributed by atoms with E-state index in [1.54, 1.807) is 6.08 Å². The van der Waals surface area contributed by atoms with Crippen LogP contribution in [0.3, 0.4) is 0 Å². The van der Waals surface area contributed by atoms with Gasteiger partial charge in [-0.15, -0.1) is 0 Å². The molecule has 0 heterocycles. The number of carbonyl (C=O) groups excluding carboxylic acids is 2. The van der Waals surface area contributed by atoms with Crippen molar-refractivity contribution in [1.29, 1.82) is 0 Å². The van der Waals surface area contributed by atoms with Crippen LogP contribution in [0.5, 0.6) is 0 Å². The van der Waals surface area contributed by atoms with Crippen LogP contribution >= 0.6 is 0 Å². The van der Waals surface area contributed by atoms with Crippen LogP contribution in [0.25, 0.3) is 6.08 Å². The van der Waals surface area contributed by atoms with E-state index in [0.717, 1.165) is 5.56 Å². The van der Waals surface area contributed by atoms with Gasteiger partial charge in [0.1, 0.15) is 0 Å². The second kappa shape index (κ2) is 6.40. The highest BCUT2D eigenvalue weighted by atomic mass is 16.5. The number of likely N-dealkylation sites (N-methyl/N-ethyl adjacent to an activating group) is 1. The molecule has 1 aromatic carbocycles. The minimum atomic E-state index is -0.535. The standard InChI is InChI=1S/C12H13NO3/c1-13-11(14)9-16-12(15)8-7-10-5-3-2-4-6-10/h2-8H,9H2,1H3,(H,13,14)/b8-7+. The van der Waals surface area contributed by atoms with Crippen LogP contribution in [0.15, 0.2) is 36.4 Å². The minimum absolute atomic E-state index is 0.255. The Bertz CT molecular complexity index is 385. The van der Waals surface area contributed by atoms with Gasteiger partial charge >= 0.3 is 5.97 Å². The van der Waals surface area contributed by atoms with E-state index in [1.807, 2.05) is 30.3 Å². The average molecular weight is 219 g/mol. The maximum Gasteiger partial charge on any atom is 0.331 e. The third-order valence-electron chi connectivity index (χ3n) is 1.84. The predicted octanol–water partition coefficient (Wildman–Crippen LogP) is 0.989. The molecule has 84 valence electrons. The summed E-state index contributed by atoms with van der Waals surface area (Å²) < 4.78 is 4.68. The third kappa shape index (κ3) is 4.41. The maximum absolute atomic E-state index is 11.1. The zero-order chi connectivity index (χ0) is 11.8. The SMILES string of the molecule is CNC(=O)COC(=O)/C=C/c1ccccc1. The summed E-state index contributed by atoms with van der Waals surface area (Å²) >= 11 is 0. The molecule has 0 saturated carbocycles. The largest absolute Gasteiger partial charge is 0.452 e. The van der Waals surface area contributed by atoms with Crippen molar-refractivity contribution < 1.29 is 14.3 Å². The van der Waals surface area contributed by atoms with Crippen molar-refractivity contribution in [1.82, 2.24) is 5.32 Å². The van der Waals surface area contributed by atoms with Gasteiger partial charge in [0.05, 0.1) is 0 Å². The second-order valence-corrected chi connectivity index (χ2v) is 3.02. The first-order chi connectivity index (χ1) is 7.72. The first-order valence-electron chi connectivity index (χ1n) is 4.83. The van der Waals surface area contributed by atoms with Crippen LogP contribution in [0, 0.1) is 0 Å². The van der Waals surface area contributed by atoms with Crippen LogP contribution in [0.2, 0.25) is 0 Å². The van der Waals surface area contributed by atoms with Gasteiger partial charge in [0.15, 0.2) is 6.61 Å². The van der Waals surface area contributed by atoms with Gasteiger partial charge in [-0.1, -0.05) is 30.3 Å². The summed E-state index contributed by atoms with van der Waals surface area (Å²) in [6.45, 7) is -0.255. The normalized spacial score (nSPS) is 10.1. The van der Waals surface area contributed by atoms with Crippen LogP contribution in [-0.4, -0.2) is 25.5 Å². The van der Waals surface area contributed by atoms with Crippen LogP contribution in [-0.2, 0) is 14.3 Å². The van der Waals surface area contributed by atoms with E-state index in [1.165, 1.54) is 13.1 Å². The number of hydrogen-bond acceptors (Lipinski definition) is 3. The number of amides is 1. The molecule has 0 aromatic heterocycles. The second-order valence-electron chi connectivity index (χ2n) is 3.02. The van der Waals surface area contributed by atoms with Gasteiger partial charge in [-0.05, 0) is 11.6 Å². The van der Waals surface area contributed by atoms with Crippen molar-refractivity contribution in [2.45, 2.75) is 0 Å². The molecule has 4 heteroatoms. The molecule has 0 saturated heterocycles. The Kier molecular flexibility index (Phi) is 4.79. The molecule has 0 aliphatic carbocycles. The maximum atomic E-state index is 11.1. The summed E-state index contributed by atoms with van der Waals surface area (Å²) in [6.07, 6.45) is 2.92. The minimum Gasteiger partial charge on any atom is -0.452 e. The lowest BCUT2D eigenvalue weighted by Crippen LogP contribution is -2.24. The molecule has 0 unspecified atom stereocenters. The number of benzene rings is 1. The molecular weight excluding hydrogens is 206 g/mol. The monoisotopic (exact) mass is 219 g/mol. The highest BCUT2D eigenvalue weighted by Gasteiger charge is 2.01. The Morgan fingerprint density at radius 3 is 2.62 bits per heavy atom. The van der Waals surface area contributed by atoms with Gasteiger partial charge in [-0.3, -0.25) is 4.79 Å². The van der Waals surface area contributed by atoms with E-state index in [2.05, 4.69) is 10.1 Å². The van der Waals surface area contributed by atoms with Gasteiger partial charge in [-0.2, -0.15) is 0 Å². The van der Waals surface area contributed by atoms with Crippen molar-refractivity contribution >= 4 is 18.0 Å². The van der Waals surface area contributed by atoms with E-state index in [-0.39, 0.29) is 12.5 Å². The predicted molar refractivity (Wildman–Crippen MR) is 60.5 cm³/mol. The average Bonchev–Trinajstić information content (AvgIpc) is 2.34. The van der Waals surface area contributed by atoms with E-state index in [0.29, 0.717) is 0 Å². The van der Waals surface area contributed by atoms with Crippen molar-refractivity contribution in [2.75, 3.05) is 13.7 Å². The number of rotatable bonds is 4. The molecule has 1 amide bonds. The molecular formula is C12H13NO3. The third-order valence-corrected chi connectivity index (χ3v) is 1.84. The highest BCUT2D eigenvalue weighted by Crippen LogP contribution is 2.00. The molecule has 4 nitrogen and oxygen atoms in total. The van der Waals surface area contributed by atoms with E-state index < -0.39 is 5.97 Å². The molecule has 0 aliphatic heterocycles. The molecule has 0 atom stereocenters. The molecule has 0 radical (unpaired) electrons. The van der Waals surface area contributed by atoms with E-state index >= 15 is 0 Å². The first-order valence-corrected chi connectivity index (χ1v) is 4.83. The molecule has 1 rings (SSSR count). The fourth-order valence-corrected chi connectivity index (χ4v) is 0.985. The lowest BCUT2D eigenvalue weighted by Gasteiger charge is -1.99. The molecule has 0 fully saturated rings. The number of esters is 1. The van der Waals surface area contributed by atoms with Gasteiger partial charge < -0.3 is 10.1 Å². The molecule has 1 N–H and O–H groups in total. The molecule has 16 heavy (non-hydrogen) atoms. The summed E-state index contributed by atoms with van der Waals surface area (Å²) in [7, 11) is 1.48. The van der Waals surface area contributed by atoms with E-state index in [4.69, 9.17) is 0 Å². The van der Waals surface area contributed by atoms with Crippen molar-refractivity contribution in [3.8, 4) is 0 Å². The molecule has 1 aromatic rings. The van der Waals surface area contributed by atoms with Gasteiger partial charge in [-0.25, -0.2) is 4.79 Å². The molecule has 0 bridgehead atoms. The number of carbonyl (C=O) groups is 2. The Morgan fingerprint density at radius 2 is 2.00 bits per heavy atom. The summed E-state index contributed by atoms with van der Waals surface area (Å²) in [4.78, 5) is 21.9. The summed E-state index contributed by atoms with van der Waals surface area (Å²) in [5.74, 6) is -0.867. The summed E-state index contributed by atoms with van der Waals surface area (Å²) in [6, 6.07) is 9.36. The van der Waals surface area contributed by atoms with Crippen molar-refractivity contribution in [3.05, 3.63) is 42.0 Å². The smallest absolute Gasteiger partial charge is 0.331 e. The zero-order valence-electron chi connectivity index (χ0n) is 8.97. The van der Waals surface area contributed by atoms with Gasteiger partial charge in [0, 0.05) is 13.1 Å². The zero-order valence-corrected chi connectivity index (χ0v) is 8.97. The first kappa shape index (κ1) is 12.0. The van der Waals surface area contributed by atoms with E-state index in [9.17, 15) is 9.59 Å². The quantitative estimate of drug-likeness (QED) is 0.607. The lowest BCUT2D eigenvalue weighted by atomic mass is 10.2. The van der Waals surface area contributed by atoms with Crippen LogP contribution in [0.1, 0.15) is 5.56 Å². The van der Waals surface area contributed by atoms with Gasteiger partial charge in [0.2, 0.25) is 0 Å². The fraction of sp³-hybridized carbons (Fsp3) is 0.167. The van der Waals surface area contributed by atoms with Crippen LogP contribution in [0.4, 0.5) is 0 Å².